The SMILES string of the molecule is CC(C)(C)c1cncc(-n2cnnc2)c1. The Kier molecular flexibility index (Phi) is 2.26. The van der Waals surface area contributed by atoms with Crippen molar-refractivity contribution in [2.75, 3.05) is 0 Å². The molecule has 0 amide bonds. The van der Waals surface area contributed by atoms with E-state index in [4.69, 9.17) is 0 Å². The molecule has 78 valence electrons. The van der Waals surface area contributed by atoms with E-state index < -0.39 is 0 Å². The molecule has 0 aliphatic rings. The van der Waals surface area contributed by atoms with Gasteiger partial charge in [0.15, 0.2) is 0 Å². The minimum Gasteiger partial charge on any atom is -0.287 e. The lowest BCUT2D eigenvalue weighted by Crippen LogP contribution is -2.12. The van der Waals surface area contributed by atoms with Crippen molar-refractivity contribution in [3.8, 4) is 5.69 Å². The Bertz CT molecular complexity index is 440. The zero-order valence-corrected chi connectivity index (χ0v) is 9.18. The van der Waals surface area contributed by atoms with E-state index in [0.717, 1.165) is 5.69 Å². The van der Waals surface area contributed by atoms with Crippen molar-refractivity contribution in [3.05, 3.63) is 36.7 Å². The van der Waals surface area contributed by atoms with Gasteiger partial charge in [0.1, 0.15) is 12.7 Å². The van der Waals surface area contributed by atoms with E-state index in [2.05, 4.69) is 42.0 Å². The van der Waals surface area contributed by atoms with Crippen LogP contribution < -0.4 is 0 Å². The van der Waals surface area contributed by atoms with E-state index in [1.54, 1.807) is 18.9 Å². The maximum atomic E-state index is 4.23. The molecule has 15 heavy (non-hydrogen) atoms. The van der Waals surface area contributed by atoms with Gasteiger partial charge in [-0.2, -0.15) is 0 Å². The molecule has 0 aliphatic carbocycles. The molecule has 4 heteroatoms. The maximum absolute atomic E-state index is 4.23. The van der Waals surface area contributed by atoms with Crippen molar-refractivity contribution in [1.82, 2.24) is 19.7 Å². The molecule has 0 aliphatic heterocycles. The van der Waals surface area contributed by atoms with Crippen LogP contribution in [0.5, 0.6) is 0 Å². The zero-order valence-electron chi connectivity index (χ0n) is 9.18. The molecular weight excluding hydrogens is 188 g/mol. The second kappa shape index (κ2) is 3.46. The Morgan fingerprint density at radius 3 is 2.33 bits per heavy atom. The smallest absolute Gasteiger partial charge is 0.123 e. The Morgan fingerprint density at radius 1 is 1.07 bits per heavy atom. The van der Waals surface area contributed by atoms with Crippen LogP contribution in [0.25, 0.3) is 5.69 Å². The van der Waals surface area contributed by atoms with Crippen molar-refractivity contribution < 1.29 is 0 Å². The molecule has 0 radical (unpaired) electrons. The van der Waals surface area contributed by atoms with Crippen LogP contribution in [0.15, 0.2) is 31.1 Å². The first-order valence-electron chi connectivity index (χ1n) is 4.88. The molecule has 4 nitrogen and oxygen atoms in total. The molecule has 0 saturated heterocycles. The summed E-state index contributed by atoms with van der Waals surface area (Å²) >= 11 is 0. The fourth-order valence-electron chi connectivity index (χ4n) is 1.31. The molecule has 2 rings (SSSR count). The van der Waals surface area contributed by atoms with Gasteiger partial charge in [-0.25, -0.2) is 0 Å². The van der Waals surface area contributed by atoms with Crippen molar-refractivity contribution >= 4 is 0 Å². The van der Waals surface area contributed by atoms with Gasteiger partial charge < -0.3 is 0 Å². The summed E-state index contributed by atoms with van der Waals surface area (Å²) in [7, 11) is 0. The molecule has 2 aromatic heterocycles. The van der Waals surface area contributed by atoms with Crippen LogP contribution in [0.2, 0.25) is 0 Å². The van der Waals surface area contributed by atoms with Crippen LogP contribution in [0.3, 0.4) is 0 Å². The quantitative estimate of drug-likeness (QED) is 0.710. The fraction of sp³-hybridized carbons (Fsp3) is 0.364. The van der Waals surface area contributed by atoms with E-state index in [9.17, 15) is 0 Å². The molecule has 0 bridgehead atoms. The van der Waals surface area contributed by atoms with Gasteiger partial charge in [-0.3, -0.25) is 9.55 Å². The highest BCUT2D eigenvalue weighted by molar-refractivity contribution is 5.34. The van der Waals surface area contributed by atoms with Crippen LogP contribution in [0.1, 0.15) is 26.3 Å². The molecule has 0 atom stereocenters. The van der Waals surface area contributed by atoms with Crippen LogP contribution in [-0.4, -0.2) is 19.7 Å². The highest BCUT2D eigenvalue weighted by Gasteiger charge is 2.14. The van der Waals surface area contributed by atoms with E-state index in [1.807, 2.05) is 10.8 Å². The van der Waals surface area contributed by atoms with Crippen LogP contribution >= 0.6 is 0 Å². The number of hydrogen-bond acceptors (Lipinski definition) is 3. The van der Waals surface area contributed by atoms with Gasteiger partial charge in [-0.05, 0) is 17.0 Å². The number of rotatable bonds is 1. The third-order valence-corrected chi connectivity index (χ3v) is 2.31. The first-order valence-corrected chi connectivity index (χ1v) is 4.88. The number of aromatic nitrogens is 4. The second-order valence-electron chi connectivity index (χ2n) is 4.55. The summed E-state index contributed by atoms with van der Waals surface area (Å²) in [6.07, 6.45) is 7.04. The summed E-state index contributed by atoms with van der Waals surface area (Å²) < 4.78 is 1.85. The maximum Gasteiger partial charge on any atom is 0.123 e. The molecule has 2 aromatic rings. The lowest BCUT2D eigenvalue weighted by atomic mass is 9.88. The van der Waals surface area contributed by atoms with Crippen molar-refractivity contribution in [2.45, 2.75) is 26.2 Å². The largest absolute Gasteiger partial charge is 0.287 e. The summed E-state index contributed by atoms with van der Waals surface area (Å²) in [6.45, 7) is 6.50. The topological polar surface area (TPSA) is 43.6 Å². The molecule has 0 saturated carbocycles. The average Bonchev–Trinajstić information content (AvgIpc) is 2.69. The minimum absolute atomic E-state index is 0.108. The molecule has 0 fully saturated rings. The van der Waals surface area contributed by atoms with E-state index >= 15 is 0 Å². The molecule has 2 heterocycles. The molecule has 0 aromatic carbocycles. The summed E-state index contributed by atoms with van der Waals surface area (Å²) in [4.78, 5) is 4.23. The summed E-state index contributed by atoms with van der Waals surface area (Å²) in [5.41, 5.74) is 2.30. The van der Waals surface area contributed by atoms with Crippen LogP contribution in [-0.2, 0) is 5.41 Å². The predicted octanol–water partition coefficient (Wildman–Crippen LogP) is 1.96. The van der Waals surface area contributed by atoms with Gasteiger partial charge in [-0.15, -0.1) is 10.2 Å². The van der Waals surface area contributed by atoms with Crippen molar-refractivity contribution in [2.24, 2.45) is 0 Å². The summed E-state index contributed by atoms with van der Waals surface area (Å²) in [6, 6.07) is 2.11. The molecule has 0 spiro atoms. The van der Waals surface area contributed by atoms with Crippen LogP contribution in [0, 0.1) is 0 Å². The monoisotopic (exact) mass is 202 g/mol. The Labute approximate surface area is 89.0 Å². The van der Waals surface area contributed by atoms with Gasteiger partial charge in [0, 0.05) is 6.20 Å². The minimum atomic E-state index is 0.108. The zero-order chi connectivity index (χ0) is 10.9. The lowest BCUT2D eigenvalue weighted by Gasteiger charge is -2.18. The first kappa shape index (κ1) is 9.83. The molecule has 0 N–H and O–H groups in total. The highest BCUT2D eigenvalue weighted by atomic mass is 15.2. The second-order valence-corrected chi connectivity index (χ2v) is 4.55. The Hall–Kier alpha value is -1.71. The standard InChI is InChI=1S/C11H14N4/c1-11(2,3)9-4-10(6-12-5-9)15-7-13-14-8-15/h4-8H,1-3H3. The normalized spacial score (nSPS) is 11.7. The van der Waals surface area contributed by atoms with E-state index in [1.165, 1.54) is 5.56 Å². The molecule has 0 unspecified atom stereocenters. The summed E-state index contributed by atoms with van der Waals surface area (Å²) in [5, 5.41) is 7.55. The first-order chi connectivity index (χ1) is 7.07. The average molecular weight is 202 g/mol. The Morgan fingerprint density at radius 2 is 1.73 bits per heavy atom. The number of pyridine rings is 1. The Balaban J connectivity index is 2.44. The van der Waals surface area contributed by atoms with Crippen LogP contribution in [0.4, 0.5) is 0 Å². The number of nitrogens with zero attached hydrogens (tertiary/aromatic N) is 4. The summed E-state index contributed by atoms with van der Waals surface area (Å²) in [5.74, 6) is 0. The van der Waals surface area contributed by atoms with Gasteiger partial charge in [0.2, 0.25) is 0 Å². The fourth-order valence-corrected chi connectivity index (χ4v) is 1.31. The number of hydrogen-bond donors (Lipinski definition) is 0. The lowest BCUT2D eigenvalue weighted by molar-refractivity contribution is 0.587. The van der Waals surface area contributed by atoms with E-state index in [-0.39, 0.29) is 5.41 Å². The van der Waals surface area contributed by atoms with E-state index in [0.29, 0.717) is 0 Å². The van der Waals surface area contributed by atoms with Gasteiger partial charge >= 0.3 is 0 Å². The van der Waals surface area contributed by atoms with Gasteiger partial charge in [0.25, 0.3) is 0 Å². The van der Waals surface area contributed by atoms with Gasteiger partial charge in [0.05, 0.1) is 11.9 Å². The third-order valence-electron chi connectivity index (χ3n) is 2.31. The van der Waals surface area contributed by atoms with Crippen molar-refractivity contribution in [3.63, 3.8) is 0 Å². The molecular formula is C11H14N4. The van der Waals surface area contributed by atoms with Gasteiger partial charge in [-0.1, -0.05) is 20.8 Å². The third kappa shape index (κ3) is 2.03. The predicted molar refractivity (Wildman–Crippen MR) is 57.9 cm³/mol. The van der Waals surface area contributed by atoms with Crippen molar-refractivity contribution in [1.29, 1.82) is 0 Å². The highest BCUT2D eigenvalue weighted by Crippen LogP contribution is 2.22.